The van der Waals surface area contributed by atoms with E-state index in [4.69, 9.17) is 9.47 Å². The normalized spacial score (nSPS) is 13.8. The van der Waals surface area contributed by atoms with Crippen LogP contribution in [-0.4, -0.2) is 68.3 Å². The summed E-state index contributed by atoms with van der Waals surface area (Å²) in [5.41, 5.74) is 3.55. The van der Waals surface area contributed by atoms with E-state index in [0.29, 0.717) is 28.8 Å². The third-order valence-corrected chi connectivity index (χ3v) is 5.90. The number of aryl methyl sites for hydroxylation is 1. The lowest BCUT2D eigenvalue weighted by Crippen LogP contribution is -2.44. The molecule has 1 aliphatic heterocycles. The summed E-state index contributed by atoms with van der Waals surface area (Å²) >= 11 is 0. The number of methoxy groups -OCH3 is 2. The van der Waals surface area contributed by atoms with Crippen molar-refractivity contribution in [3.8, 4) is 11.5 Å². The Kier molecular flexibility index (Phi) is 7.51. The average Bonchev–Trinajstić information content (AvgIpc) is 2.86. The van der Waals surface area contributed by atoms with Gasteiger partial charge < -0.3 is 29.9 Å². The molecule has 10 nitrogen and oxygen atoms in total. The van der Waals surface area contributed by atoms with E-state index >= 15 is 0 Å². The van der Waals surface area contributed by atoms with Crippen molar-refractivity contribution in [2.45, 2.75) is 6.92 Å². The first-order valence-electron chi connectivity index (χ1n) is 11.4. The van der Waals surface area contributed by atoms with Crippen LogP contribution in [0, 0.1) is 6.92 Å². The summed E-state index contributed by atoms with van der Waals surface area (Å²) in [7, 11) is 5.27. The first-order chi connectivity index (χ1) is 16.9. The van der Waals surface area contributed by atoms with E-state index in [9.17, 15) is 4.79 Å². The lowest BCUT2D eigenvalue weighted by Gasteiger charge is -2.34. The van der Waals surface area contributed by atoms with E-state index < -0.39 is 6.03 Å². The number of hydrogen-bond acceptors (Lipinski definition) is 8. The minimum atomic E-state index is -0.429. The maximum absolute atomic E-state index is 12.6. The number of anilines is 5. The number of piperazine rings is 1. The molecule has 0 unspecified atom stereocenters. The molecule has 184 valence electrons. The minimum Gasteiger partial charge on any atom is -0.493 e. The van der Waals surface area contributed by atoms with Crippen LogP contribution in [0.15, 0.2) is 48.8 Å². The summed E-state index contributed by atoms with van der Waals surface area (Å²) < 4.78 is 10.6. The fourth-order valence-corrected chi connectivity index (χ4v) is 3.85. The zero-order valence-corrected chi connectivity index (χ0v) is 20.5. The van der Waals surface area contributed by atoms with E-state index in [-0.39, 0.29) is 0 Å². The highest BCUT2D eigenvalue weighted by Crippen LogP contribution is 2.33. The number of hydrogen-bond donors (Lipinski definition) is 3. The van der Waals surface area contributed by atoms with Crippen LogP contribution in [0.25, 0.3) is 0 Å². The van der Waals surface area contributed by atoms with Crippen LogP contribution in [0.5, 0.6) is 11.5 Å². The van der Waals surface area contributed by atoms with Gasteiger partial charge in [-0.3, -0.25) is 5.32 Å². The number of aromatic nitrogens is 2. The highest BCUT2D eigenvalue weighted by atomic mass is 16.5. The van der Waals surface area contributed by atoms with Gasteiger partial charge in [0.1, 0.15) is 18.0 Å². The molecule has 2 aromatic carbocycles. The monoisotopic (exact) mass is 477 g/mol. The van der Waals surface area contributed by atoms with Crippen molar-refractivity contribution in [1.82, 2.24) is 14.9 Å². The number of carbonyl (C=O) groups is 1. The Morgan fingerprint density at radius 3 is 2.23 bits per heavy atom. The summed E-state index contributed by atoms with van der Waals surface area (Å²) in [4.78, 5) is 25.7. The largest absolute Gasteiger partial charge is 0.493 e. The lowest BCUT2D eigenvalue weighted by molar-refractivity contribution is 0.262. The number of nitrogens with zero attached hydrogens (tertiary/aromatic N) is 4. The Morgan fingerprint density at radius 1 is 0.886 bits per heavy atom. The zero-order chi connectivity index (χ0) is 24.8. The van der Waals surface area contributed by atoms with E-state index in [1.54, 1.807) is 32.4 Å². The highest BCUT2D eigenvalue weighted by Gasteiger charge is 2.14. The van der Waals surface area contributed by atoms with Crippen molar-refractivity contribution in [2.24, 2.45) is 0 Å². The van der Waals surface area contributed by atoms with Gasteiger partial charge in [-0.25, -0.2) is 14.8 Å². The van der Waals surface area contributed by atoms with Gasteiger partial charge in [0, 0.05) is 55.4 Å². The van der Waals surface area contributed by atoms with Gasteiger partial charge in [0.25, 0.3) is 0 Å². The Labute approximate surface area is 205 Å². The smallest absolute Gasteiger partial charge is 0.324 e. The molecule has 1 aromatic heterocycles. The fraction of sp³-hybridized carbons (Fsp3) is 0.320. The lowest BCUT2D eigenvalue weighted by atomic mass is 10.1. The van der Waals surface area contributed by atoms with Crippen molar-refractivity contribution >= 4 is 34.7 Å². The quantitative estimate of drug-likeness (QED) is 0.470. The molecule has 1 fully saturated rings. The molecule has 0 spiro atoms. The molecule has 0 radical (unpaired) electrons. The van der Waals surface area contributed by atoms with E-state index in [0.717, 1.165) is 37.4 Å². The molecule has 0 atom stereocenters. The SMILES string of the molecule is COc1cc(C)c(NC(=O)Nc2cc(Nc3ccc(N4CCN(C)CC4)cc3)ncn2)cc1OC. The number of amides is 2. The summed E-state index contributed by atoms with van der Waals surface area (Å²) in [5.74, 6) is 2.07. The number of rotatable bonds is 7. The standard InChI is InChI=1S/C25H31N7O3/c1-17-13-21(34-3)22(35-4)14-20(17)29-25(33)30-24-15-23(26-16-27-24)28-18-5-7-19(8-6-18)32-11-9-31(2)10-12-32/h5-8,13-16H,9-12H2,1-4H3,(H3,26,27,28,29,30,33). The number of nitrogens with one attached hydrogen (secondary N) is 3. The van der Waals surface area contributed by atoms with E-state index in [1.807, 2.05) is 19.1 Å². The maximum atomic E-state index is 12.6. The number of urea groups is 1. The molecule has 3 aromatic rings. The molecular weight excluding hydrogens is 446 g/mol. The van der Waals surface area contributed by atoms with Crippen LogP contribution in [0.4, 0.5) is 33.5 Å². The minimum absolute atomic E-state index is 0.368. The fourth-order valence-electron chi connectivity index (χ4n) is 3.85. The third kappa shape index (κ3) is 6.10. The summed E-state index contributed by atoms with van der Waals surface area (Å²) in [6, 6.07) is 13.0. The number of ether oxygens (including phenoxy) is 2. The van der Waals surface area contributed by atoms with Crippen molar-refractivity contribution in [3.05, 3.63) is 54.4 Å². The van der Waals surface area contributed by atoms with Crippen LogP contribution in [-0.2, 0) is 0 Å². The predicted molar refractivity (Wildman–Crippen MR) is 138 cm³/mol. The van der Waals surface area contributed by atoms with Crippen molar-refractivity contribution in [2.75, 3.05) is 68.3 Å². The molecule has 10 heteroatoms. The van der Waals surface area contributed by atoms with Gasteiger partial charge in [0.2, 0.25) is 0 Å². The van der Waals surface area contributed by atoms with Crippen LogP contribution >= 0.6 is 0 Å². The third-order valence-electron chi connectivity index (χ3n) is 5.90. The molecule has 0 bridgehead atoms. The Balaban J connectivity index is 1.37. The molecule has 3 N–H and O–H groups in total. The first-order valence-corrected chi connectivity index (χ1v) is 11.4. The van der Waals surface area contributed by atoms with Gasteiger partial charge in [-0.05, 0) is 49.9 Å². The molecule has 2 amide bonds. The van der Waals surface area contributed by atoms with Crippen molar-refractivity contribution in [3.63, 3.8) is 0 Å². The zero-order valence-electron chi connectivity index (χ0n) is 20.5. The highest BCUT2D eigenvalue weighted by molar-refractivity contribution is 6.00. The molecular formula is C25H31N7O3. The van der Waals surface area contributed by atoms with Gasteiger partial charge in [-0.2, -0.15) is 0 Å². The summed E-state index contributed by atoms with van der Waals surface area (Å²) in [6.07, 6.45) is 1.40. The molecule has 4 rings (SSSR count). The molecule has 1 aliphatic rings. The van der Waals surface area contributed by atoms with E-state index in [2.05, 4.69) is 54.9 Å². The second kappa shape index (κ2) is 10.9. The Bertz CT molecular complexity index is 1160. The number of carbonyl (C=O) groups excluding carboxylic acids is 1. The molecule has 0 saturated carbocycles. The first kappa shape index (κ1) is 24.1. The summed E-state index contributed by atoms with van der Waals surface area (Å²) in [6.45, 7) is 6.05. The molecule has 0 aliphatic carbocycles. The van der Waals surface area contributed by atoms with Gasteiger partial charge in [-0.15, -0.1) is 0 Å². The molecule has 1 saturated heterocycles. The average molecular weight is 478 g/mol. The van der Waals surface area contributed by atoms with Crippen molar-refractivity contribution in [1.29, 1.82) is 0 Å². The topological polar surface area (TPSA) is 104 Å². The van der Waals surface area contributed by atoms with E-state index in [1.165, 1.54) is 12.0 Å². The Morgan fingerprint density at radius 2 is 1.54 bits per heavy atom. The van der Waals surface area contributed by atoms with Gasteiger partial charge >= 0.3 is 6.03 Å². The van der Waals surface area contributed by atoms with Crippen LogP contribution in [0.1, 0.15) is 5.56 Å². The summed E-state index contributed by atoms with van der Waals surface area (Å²) in [5, 5.41) is 8.82. The maximum Gasteiger partial charge on any atom is 0.324 e. The van der Waals surface area contributed by atoms with Gasteiger partial charge in [0.15, 0.2) is 11.5 Å². The van der Waals surface area contributed by atoms with Crippen LogP contribution < -0.4 is 30.3 Å². The second-order valence-corrected chi connectivity index (χ2v) is 8.35. The Hall–Kier alpha value is -4.05. The predicted octanol–water partition coefficient (Wildman–Crippen LogP) is 3.94. The number of benzene rings is 2. The molecule has 2 heterocycles. The van der Waals surface area contributed by atoms with Crippen LogP contribution in [0.2, 0.25) is 0 Å². The second-order valence-electron chi connectivity index (χ2n) is 8.35. The van der Waals surface area contributed by atoms with Crippen LogP contribution in [0.3, 0.4) is 0 Å². The van der Waals surface area contributed by atoms with Crippen molar-refractivity contribution < 1.29 is 14.3 Å². The molecule has 35 heavy (non-hydrogen) atoms. The van der Waals surface area contributed by atoms with Gasteiger partial charge in [-0.1, -0.05) is 0 Å². The number of likely N-dealkylation sites (N-methyl/N-ethyl adjacent to an activating group) is 1. The van der Waals surface area contributed by atoms with Gasteiger partial charge in [0.05, 0.1) is 14.2 Å².